The summed E-state index contributed by atoms with van der Waals surface area (Å²) in [7, 11) is 0. The number of nitrogens with zero attached hydrogens (tertiary/aromatic N) is 3. The van der Waals surface area contributed by atoms with Crippen LogP contribution in [0.25, 0.3) is 22.5 Å². The monoisotopic (exact) mass is 502 g/mol. The second-order valence-corrected chi connectivity index (χ2v) is 8.51. The molecule has 36 heavy (non-hydrogen) atoms. The lowest BCUT2D eigenvalue weighted by Gasteiger charge is -2.13. The molecule has 0 fully saturated rings. The molecule has 1 aromatic carbocycles. The smallest absolute Gasteiger partial charge is 0.340 e. The number of aromatic nitrogens is 5. The molecule has 4 rings (SSSR count). The third kappa shape index (κ3) is 5.23. The van der Waals surface area contributed by atoms with Gasteiger partial charge < -0.3 is 5.32 Å². The first kappa shape index (κ1) is 24.9. The molecule has 3 heterocycles. The Kier molecular flexibility index (Phi) is 7.65. The second kappa shape index (κ2) is 11.0. The van der Waals surface area contributed by atoms with Crippen LogP contribution in [-0.2, 0) is 6.54 Å². The maximum Gasteiger partial charge on any atom is 0.340 e. The summed E-state index contributed by atoms with van der Waals surface area (Å²) in [4.78, 5) is 31.1. The van der Waals surface area contributed by atoms with Gasteiger partial charge in [-0.05, 0) is 49.1 Å². The van der Waals surface area contributed by atoms with Crippen molar-refractivity contribution in [1.82, 2.24) is 29.9 Å². The van der Waals surface area contributed by atoms with Crippen LogP contribution in [0.5, 0.6) is 0 Å². The summed E-state index contributed by atoms with van der Waals surface area (Å²) >= 11 is 6.80. The highest BCUT2D eigenvalue weighted by Crippen LogP contribution is 2.36. The van der Waals surface area contributed by atoms with Gasteiger partial charge in [0, 0.05) is 17.3 Å². The Labute approximate surface area is 213 Å². The van der Waals surface area contributed by atoms with Crippen molar-refractivity contribution in [2.75, 3.05) is 0 Å². The number of hydrogen-bond acceptors (Lipinski definition) is 4. The maximum atomic E-state index is 12.7. The van der Waals surface area contributed by atoms with E-state index in [1.165, 1.54) is 5.57 Å². The van der Waals surface area contributed by atoms with Gasteiger partial charge in [0.1, 0.15) is 22.3 Å². The van der Waals surface area contributed by atoms with E-state index in [1.54, 1.807) is 22.7 Å². The topological polar surface area (TPSA) is 108 Å². The largest absolute Gasteiger partial charge is 0.345 e. The molecule has 0 aliphatic rings. The van der Waals surface area contributed by atoms with Gasteiger partial charge in [-0.2, -0.15) is 5.10 Å². The lowest BCUT2D eigenvalue weighted by atomic mass is 9.92. The molecule has 184 valence electrons. The van der Waals surface area contributed by atoms with Crippen molar-refractivity contribution < 1.29 is 4.79 Å². The van der Waals surface area contributed by atoms with E-state index in [-0.39, 0.29) is 12.5 Å². The first-order valence-electron chi connectivity index (χ1n) is 11.6. The molecule has 3 N–H and O–H groups in total. The van der Waals surface area contributed by atoms with Gasteiger partial charge in [0.25, 0.3) is 5.91 Å². The molecule has 0 atom stereocenters. The summed E-state index contributed by atoms with van der Waals surface area (Å²) in [6.45, 7) is 6.29. The van der Waals surface area contributed by atoms with E-state index < -0.39 is 5.69 Å². The fraction of sp³-hybridized carbons (Fsp3) is 0.185. The number of nitrogens with one attached hydrogen (secondary N) is 3. The fourth-order valence-electron chi connectivity index (χ4n) is 3.95. The average Bonchev–Trinajstić information content (AvgIpc) is 3.45. The molecule has 4 aromatic rings. The third-order valence-electron chi connectivity index (χ3n) is 5.66. The minimum absolute atomic E-state index is 0.0858. The van der Waals surface area contributed by atoms with E-state index in [1.807, 2.05) is 37.3 Å². The Hall–Kier alpha value is -4.17. The van der Waals surface area contributed by atoms with E-state index in [2.05, 4.69) is 52.6 Å². The van der Waals surface area contributed by atoms with Crippen LogP contribution in [0.15, 0.2) is 77.3 Å². The molecule has 0 bridgehead atoms. The Balaban J connectivity index is 1.72. The predicted octanol–water partition coefficient (Wildman–Crippen LogP) is 5.31. The minimum Gasteiger partial charge on any atom is -0.345 e. The number of carbonyl (C=O) groups excluding carboxylic acids is 1. The Bertz CT molecular complexity index is 1550. The summed E-state index contributed by atoms with van der Waals surface area (Å²) < 4.78 is 1.75. The number of aromatic amines is 2. The maximum absolute atomic E-state index is 12.7. The molecule has 0 radical (unpaired) electrons. The van der Waals surface area contributed by atoms with Gasteiger partial charge in [-0.1, -0.05) is 67.1 Å². The highest BCUT2D eigenvalue weighted by Gasteiger charge is 2.19. The molecule has 0 aliphatic carbocycles. The van der Waals surface area contributed by atoms with Crippen molar-refractivity contribution in [3.8, 4) is 11.3 Å². The Morgan fingerprint density at radius 3 is 2.78 bits per heavy atom. The van der Waals surface area contributed by atoms with Crippen LogP contribution in [0, 0.1) is 0 Å². The van der Waals surface area contributed by atoms with E-state index in [9.17, 15) is 9.59 Å². The number of rotatable bonds is 8. The summed E-state index contributed by atoms with van der Waals surface area (Å²) in [6, 6.07) is 11.4. The normalized spacial score (nSPS) is 12.6. The molecule has 0 spiro atoms. The van der Waals surface area contributed by atoms with E-state index >= 15 is 0 Å². The van der Waals surface area contributed by atoms with E-state index in [0.717, 1.165) is 23.1 Å². The zero-order valence-electron chi connectivity index (χ0n) is 20.3. The molecule has 3 aromatic heterocycles. The SMILES string of the molecule is CC=C/C=C(\C(C)=C/CC)c1ccccc1-c1nc2cc(C(=O)NCc3n[nH]c(=O)[nH]3)ccn2c1Cl. The van der Waals surface area contributed by atoms with E-state index in [0.29, 0.717) is 27.9 Å². The highest BCUT2D eigenvalue weighted by atomic mass is 35.5. The Morgan fingerprint density at radius 2 is 2.06 bits per heavy atom. The summed E-state index contributed by atoms with van der Waals surface area (Å²) in [5.74, 6) is 0.0192. The zero-order valence-corrected chi connectivity index (χ0v) is 21.1. The number of amides is 1. The second-order valence-electron chi connectivity index (χ2n) is 8.15. The zero-order chi connectivity index (χ0) is 25.7. The van der Waals surface area contributed by atoms with E-state index in [4.69, 9.17) is 16.6 Å². The van der Waals surface area contributed by atoms with Crippen LogP contribution in [0.2, 0.25) is 5.15 Å². The van der Waals surface area contributed by atoms with Crippen molar-refractivity contribution in [1.29, 1.82) is 0 Å². The van der Waals surface area contributed by atoms with Gasteiger partial charge in [-0.3, -0.25) is 14.2 Å². The van der Waals surface area contributed by atoms with Gasteiger partial charge in [-0.25, -0.2) is 14.9 Å². The first-order valence-corrected chi connectivity index (χ1v) is 12.0. The van der Waals surface area contributed by atoms with Crippen LogP contribution >= 0.6 is 11.6 Å². The third-order valence-corrected chi connectivity index (χ3v) is 6.02. The Morgan fingerprint density at radius 1 is 1.25 bits per heavy atom. The molecular formula is C27H27ClN6O2. The van der Waals surface area contributed by atoms with Gasteiger partial charge in [0.2, 0.25) is 0 Å². The fourth-order valence-corrected chi connectivity index (χ4v) is 4.24. The average molecular weight is 503 g/mol. The number of hydrogen-bond donors (Lipinski definition) is 3. The predicted molar refractivity (Wildman–Crippen MR) is 143 cm³/mol. The van der Waals surface area contributed by atoms with Crippen LogP contribution in [-0.4, -0.2) is 30.5 Å². The van der Waals surface area contributed by atoms with Crippen molar-refractivity contribution in [2.24, 2.45) is 0 Å². The summed E-state index contributed by atoms with van der Waals surface area (Å²) in [5, 5.41) is 9.25. The molecule has 0 saturated carbocycles. The number of fused-ring (bicyclic) bond motifs is 1. The van der Waals surface area contributed by atoms with Crippen LogP contribution in [0.3, 0.4) is 0 Å². The van der Waals surface area contributed by atoms with Crippen LogP contribution < -0.4 is 11.0 Å². The number of carbonyl (C=O) groups is 1. The van der Waals surface area contributed by atoms with Gasteiger partial charge in [-0.15, -0.1) is 0 Å². The van der Waals surface area contributed by atoms with Gasteiger partial charge >= 0.3 is 5.69 Å². The first-order chi connectivity index (χ1) is 17.4. The van der Waals surface area contributed by atoms with Gasteiger partial charge in [0.05, 0.1) is 6.54 Å². The lowest BCUT2D eigenvalue weighted by Crippen LogP contribution is -2.23. The van der Waals surface area contributed by atoms with Crippen molar-refractivity contribution >= 4 is 28.7 Å². The molecule has 0 unspecified atom stereocenters. The molecule has 0 saturated heterocycles. The minimum atomic E-state index is -0.426. The van der Waals surface area contributed by atoms with Crippen molar-refractivity contribution in [3.63, 3.8) is 0 Å². The number of pyridine rings is 1. The number of allylic oxidation sites excluding steroid dienone is 6. The molecule has 0 aliphatic heterocycles. The number of benzene rings is 1. The number of H-pyrrole nitrogens is 2. The van der Waals surface area contributed by atoms with Crippen LogP contribution in [0.4, 0.5) is 0 Å². The van der Waals surface area contributed by atoms with Crippen molar-refractivity contribution in [3.05, 3.63) is 105 Å². The summed E-state index contributed by atoms with van der Waals surface area (Å²) in [6.07, 6.45) is 11.0. The van der Waals surface area contributed by atoms with Gasteiger partial charge in [0.15, 0.2) is 0 Å². The van der Waals surface area contributed by atoms with Crippen molar-refractivity contribution in [2.45, 2.75) is 33.7 Å². The molecule has 8 nitrogen and oxygen atoms in total. The lowest BCUT2D eigenvalue weighted by molar-refractivity contribution is 0.0950. The highest BCUT2D eigenvalue weighted by molar-refractivity contribution is 6.32. The number of imidazole rings is 1. The molecule has 1 amide bonds. The molecular weight excluding hydrogens is 476 g/mol. The summed E-state index contributed by atoms with van der Waals surface area (Å²) in [5.41, 5.74) is 5.35. The van der Waals surface area contributed by atoms with Crippen LogP contribution in [0.1, 0.15) is 48.9 Å². The standard InChI is InChI=1S/C27H27ClN6O2/c1-4-6-10-19(17(3)9-5-2)20-11-7-8-12-21(20)24-25(28)34-14-13-18(15-23(34)31-24)26(35)29-16-22-30-27(36)33-32-22/h4,6-15H,5,16H2,1-3H3,(H,29,35)(H2,30,32,33,36)/b6-4?,17-9-,19-10+. The molecule has 9 heteroatoms. The number of halogens is 1. The quantitative estimate of drug-likeness (QED) is 0.284.